The number of anilines is 1. The van der Waals surface area contributed by atoms with Crippen molar-refractivity contribution in [1.29, 1.82) is 0 Å². The van der Waals surface area contributed by atoms with Crippen LogP contribution in [0.2, 0.25) is 0 Å². The minimum Gasteiger partial charge on any atom is -0.378 e. The predicted molar refractivity (Wildman–Crippen MR) is 119 cm³/mol. The number of amides is 1. The zero-order chi connectivity index (χ0) is 21.0. The van der Waals surface area contributed by atoms with Gasteiger partial charge in [-0.15, -0.1) is 0 Å². The number of quaternary nitrogens is 2. The van der Waals surface area contributed by atoms with Crippen molar-refractivity contribution in [2.24, 2.45) is 0 Å². The number of nitrogens with zero attached hydrogens (tertiary/aromatic N) is 1. The molecule has 1 atom stereocenters. The maximum absolute atomic E-state index is 12.8. The van der Waals surface area contributed by atoms with E-state index in [4.69, 9.17) is 0 Å². The molecule has 3 rings (SSSR count). The molecule has 0 unspecified atom stereocenters. The minimum atomic E-state index is 0.0193. The van der Waals surface area contributed by atoms with Gasteiger partial charge in [0.05, 0.1) is 13.6 Å². The summed E-state index contributed by atoms with van der Waals surface area (Å²) in [4.78, 5) is 18.1. The summed E-state index contributed by atoms with van der Waals surface area (Å²) < 4.78 is 0. The first-order chi connectivity index (χ1) is 13.8. The number of carbonyl (C=O) groups is 1. The fourth-order valence-corrected chi connectivity index (χ4v) is 4.25. The Labute approximate surface area is 175 Å². The first kappa shape index (κ1) is 21.3. The number of piperazine rings is 1. The van der Waals surface area contributed by atoms with Gasteiger partial charge in [0, 0.05) is 30.9 Å². The van der Waals surface area contributed by atoms with E-state index in [9.17, 15) is 4.79 Å². The zero-order valence-electron chi connectivity index (χ0n) is 18.5. The van der Waals surface area contributed by atoms with Crippen molar-refractivity contribution in [1.82, 2.24) is 5.32 Å². The second-order valence-corrected chi connectivity index (χ2v) is 8.74. The van der Waals surface area contributed by atoms with Gasteiger partial charge in [0.2, 0.25) is 0 Å². The van der Waals surface area contributed by atoms with Crippen LogP contribution in [-0.2, 0) is 0 Å². The molecule has 2 aromatic rings. The summed E-state index contributed by atoms with van der Waals surface area (Å²) in [5.41, 5.74) is 5.50. The molecule has 0 saturated carbocycles. The van der Waals surface area contributed by atoms with Crippen molar-refractivity contribution in [3.8, 4) is 0 Å². The first-order valence-corrected chi connectivity index (χ1v) is 10.6. The Balaban J connectivity index is 1.76. The van der Waals surface area contributed by atoms with Gasteiger partial charge < -0.3 is 20.0 Å². The molecule has 1 aliphatic rings. The van der Waals surface area contributed by atoms with E-state index in [1.165, 1.54) is 24.3 Å². The number of nitrogens with one attached hydrogen (secondary N) is 3. The molecule has 156 valence electrons. The highest BCUT2D eigenvalue weighted by molar-refractivity contribution is 5.94. The standard InChI is InChI=1S/C24H34N4O/c1-18-14-19(2)16-21(15-18)24(29)25-17-23(28-12-10-27(5)11-13-28)20-6-8-22(9-7-20)26(3)4/h6-9,14-16,23H,10-13,17H2,1-5H3,(H,25,29)/p+2/t23-/m1/s1. The maximum atomic E-state index is 12.8. The SMILES string of the molecule is Cc1cc(C)cc(C(=O)NC[C@H](c2ccc(N(C)C)cc2)[NH+]2CC[NH+](C)CC2)c1. The second kappa shape index (κ2) is 9.42. The zero-order valence-corrected chi connectivity index (χ0v) is 18.5. The summed E-state index contributed by atoms with van der Waals surface area (Å²) in [5.74, 6) is 0.0193. The molecule has 29 heavy (non-hydrogen) atoms. The van der Waals surface area contributed by atoms with Gasteiger partial charge in [-0.2, -0.15) is 0 Å². The lowest BCUT2D eigenvalue weighted by atomic mass is 10.0. The lowest BCUT2D eigenvalue weighted by molar-refractivity contribution is -1.02. The Hall–Kier alpha value is -2.37. The van der Waals surface area contributed by atoms with E-state index in [1.807, 2.05) is 26.0 Å². The summed E-state index contributed by atoms with van der Waals surface area (Å²) >= 11 is 0. The van der Waals surface area contributed by atoms with Gasteiger partial charge in [-0.05, 0) is 38.1 Å². The van der Waals surface area contributed by atoms with E-state index in [2.05, 4.69) is 61.7 Å². The number of carbonyl (C=O) groups excluding carboxylic acids is 1. The molecule has 3 N–H and O–H groups in total. The van der Waals surface area contributed by atoms with E-state index in [-0.39, 0.29) is 11.9 Å². The molecule has 1 fully saturated rings. The highest BCUT2D eigenvalue weighted by atomic mass is 16.1. The average molecular weight is 397 g/mol. The summed E-state index contributed by atoms with van der Waals surface area (Å²) in [6, 6.07) is 15.1. The lowest BCUT2D eigenvalue weighted by Gasteiger charge is -2.33. The number of aryl methyl sites for hydroxylation is 2. The summed E-state index contributed by atoms with van der Waals surface area (Å²) in [7, 11) is 6.38. The van der Waals surface area contributed by atoms with Gasteiger partial charge in [0.25, 0.3) is 5.91 Å². The second-order valence-electron chi connectivity index (χ2n) is 8.74. The van der Waals surface area contributed by atoms with Crippen LogP contribution in [0.3, 0.4) is 0 Å². The van der Waals surface area contributed by atoms with Crippen molar-refractivity contribution in [3.63, 3.8) is 0 Å². The fraction of sp³-hybridized carbons (Fsp3) is 0.458. The normalized spacial score (nSPS) is 20.2. The predicted octanol–water partition coefficient (Wildman–Crippen LogP) is 0.254. The van der Waals surface area contributed by atoms with Crippen molar-refractivity contribution in [2.75, 3.05) is 58.8 Å². The molecule has 0 aliphatic carbocycles. The van der Waals surface area contributed by atoms with E-state index in [1.54, 1.807) is 9.80 Å². The van der Waals surface area contributed by atoms with Crippen molar-refractivity contribution < 1.29 is 14.6 Å². The Bertz CT molecular complexity index is 803. The Kier molecular flexibility index (Phi) is 6.93. The third-order valence-corrected chi connectivity index (χ3v) is 6.00. The Morgan fingerprint density at radius 3 is 2.14 bits per heavy atom. The molecule has 5 heteroatoms. The molecule has 2 aromatic carbocycles. The van der Waals surface area contributed by atoms with Crippen LogP contribution in [0.15, 0.2) is 42.5 Å². The average Bonchev–Trinajstić information content (AvgIpc) is 2.69. The van der Waals surface area contributed by atoms with Gasteiger partial charge in [-0.3, -0.25) is 4.79 Å². The van der Waals surface area contributed by atoms with Crippen LogP contribution < -0.4 is 20.0 Å². The smallest absolute Gasteiger partial charge is 0.251 e. The van der Waals surface area contributed by atoms with Crippen LogP contribution in [-0.4, -0.2) is 59.8 Å². The largest absolute Gasteiger partial charge is 0.378 e. The minimum absolute atomic E-state index is 0.0193. The quantitative estimate of drug-likeness (QED) is 0.655. The van der Waals surface area contributed by atoms with Crippen LogP contribution in [0.5, 0.6) is 0 Å². The van der Waals surface area contributed by atoms with Crippen molar-refractivity contribution in [3.05, 3.63) is 64.7 Å². The number of benzene rings is 2. The van der Waals surface area contributed by atoms with E-state index < -0.39 is 0 Å². The van der Waals surface area contributed by atoms with E-state index >= 15 is 0 Å². The molecular weight excluding hydrogens is 360 g/mol. The molecule has 1 heterocycles. The van der Waals surface area contributed by atoms with Crippen LogP contribution in [0.4, 0.5) is 5.69 Å². The van der Waals surface area contributed by atoms with Gasteiger partial charge in [-0.1, -0.05) is 29.3 Å². The molecule has 1 amide bonds. The molecular formula is C24H36N4O+2. The molecule has 0 radical (unpaired) electrons. The number of hydrogen-bond donors (Lipinski definition) is 3. The van der Waals surface area contributed by atoms with Gasteiger partial charge in [0.15, 0.2) is 0 Å². The topological polar surface area (TPSA) is 41.2 Å². The lowest BCUT2D eigenvalue weighted by Crippen LogP contribution is -3.27. The van der Waals surface area contributed by atoms with Gasteiger partial charge in [-0.25, -0.2) is 0 Å². The third kappa shape index (κ3) is 5.58. The number of likely N-dealkylation sites (N-methyl/N-ethyl adjacent to an activating group) is 1. The van der Waals surface area contributed by atoms with Crippen LogP contribution in [0, 0.1) is 13.8 Å². The molecule has 0 spiro atoms. The number of hydrogen-bond acceptors (Lipinski definition) is 2. The van der Waals surface area contributed by atoms with Gasteiger partial charge in [0.1, 0.15) is 32.2 Å². The first-order valence-electron chi connectivity index (χ1n) is 10.6. The summed E-state index contributed by atoms with van der Waals surface area (Å²) in [5, 5.41) is 3.22. The summed E-state index contributed by atoms with van der Waals surface area (Å²) in [6.07, 6.45) is 0. The van der Waals surface area contributed by atoms with Gasteiger partial charge >= 0.3 is 0 Å². The molecule has 5 nitrogen and oxygen atoms in total. The van der Waals surface area contributed by atoms with Crippen LogP contribution in [0.1, 0.15) is 33.1 Å². The van der Waals surface area contributed by atoms with Crippen LogP contribution >= 0.6 is 0 Å². The molecule has 1 saturated heterocycles. The molecule has 0 bridgehead atoms. The maximum Gasteiger partial charge on any atom is 0.251 e. The highest BCUT2D eigenvalue weighted by Gasteiger charge is 2.29. The molecule has 0 aromatic heterocycles. The van der Waals surface area contributed by atoms with Crippen molar-refractivity contribution in [2.45, 2.75) is 19.9 Å². The monoisotopic (exact) mass is 396 g/mol. The fourth-order valence-electron chi connectivity index (χ4n) is 4.25. The van der Waals surface area contributed by atoms with E-state index in [0.29, 0.717) is 6.54 Å². The van der Waals surface area contributed by atoms with Crippen LogP contribution in [0.25, 0.3) is 0 Å². The van der Waals surface area contributed by atoms with E-state index in [0.717, 1.165) is 29.8 Å². The van der Waals surface area contributed by atoms with Crippen molar-refractivity contribution >= 4 is 11.6 Å². The Morgan fingerprint density at radius 1 is 1.00 bits per heavy atom. The Morgan fingerprint density at radius 2 is 1.59 bits per heavy atom. The summed E-state index contributed by atoms with van der Waals surface area (Å²) in [6.45, 7) is 9.34. The number of rotatable bonds is 6. The third-order valence-electron chi connectivity index (χ3n) is 6.00. The highest BCUT2D eigenvalue weighted by Crippen LogP contribution is 2.17. The molecule has 1 aliphatic heterocycles.